The monoisotopic (exact) mass is 325 g/mol. The lowest BCUT2D eigenvalue weighted by atomic mass is 10.2. The van der Waals surface area contributed by atoms with E-state index in [2.05, 4.69) is 29.2 Å². The van der Waals surface area contributed by atoms with Gasteiger partial charge in [-0.05, 0) is 24.0 Å². The SMILES string of the molecule is O=C(O)C1CCC(=PCc2ccccc2)N1Cc1ccccc1. The highest BCUT2D eigenvalue weighted by Gasteiger charge is 2.34. The molecule has 1 heterocycles. The largest absolute Gasteiger partial charge is 0.480 e. The maximum Gasteiger partial charge on any atom is 0.321 e. The number of carbonyl (C=O) groups is 1. The summed E-state index contributed by atoms with van der Waals surface area (Å²) in [7, 11) is 1.21. The number of hydrogen-bond acceptors (Lipinski definition) is 1. The van der Waals surface area contributed by atoms with Crippen molar-refractivity contribution in [3.63, 3.8) is 0 Å². The number of hydrogen-bond donors (Lipinski definition) is 1. The second-order valence-corrected chi connectivity index (χ2v) is 6.87. The van der Waals surface area contributed by atoms with E-state index >= 15 is 0 Å². The van der Waals surface area contributed by atoms with E-state index in [1.165, 1.54) is 19.2 Å². The van der Waals surface area contributed by atoms with Crippen LogP contribution in [0.15, 0.2) is 60.7 Å². The van der Waals surface area contributed by atoms with Gasteiger partial charge in [-0.2, -0.15) is 0 Å². The molecule has 2 aromatic carbocycles. The Hall–Kier alpha value is -1.96. The Balaban J connectivity index is 1.79. The van der Waals surface area contributed by atoms with Gasteiger partial charge in [0.25, 0.3) is 0 Å². The van der Waals surface area contributed by atoms with Gasteiger partial charge in [-0.15, -0.1) is 0 Å². The summed E-state index contributed by atoms with van der Waals surface area (Å²) in [6.07, 6.45) is 2.52. The standard InChI is InChI=1S/C19H20NO2P/c21-19(22)17-11-12-18(23-14-16-9-5-2-6-10-16)20(17)13-15-7-3-1-4-8-15/h1-10,17H,11-14H2,(H,21,22). The second-order valence-electron chi connectivity index (χ2n) is 5.72. The van der Waals surface area contributed by atoms with Gasteiger partial charge in [-0.3, -0.25) is 9.69 Å². The molecule has 1 N–H and O–H groups in total. The highest BCUT2D eigenvalue weighted by molar-refractivity contribution is 7.39. The Morgan fingerprint density at radius 1 is 1.04 bits per heavy atom. The highest BCUT2D eigenvalue weighted by Crippen LogP contribution is 2.28. The van der Waals surface area contributed by atoms with Gasteiger partial charge < -0.3 is 5.11 Å². The summed E-state index contributed by atoms with van der Waals surface area (Å²) in [6.45, 7) is 0.676. The number of rotatable bonds is 5. The molecule has 4 heteroatoms. The molecule has 1 aliphatic heterocycles. The first-order valence-electron chi connectivity index (χ1n) is 7.84. The average molecular weight is 325 g/mol. The minimum Gasteiger partial charge on any atom is -0.480 e. The van der Waals surface area contributed by atoms with Gasteiger partial charge in [0, 0.05) is 18.1 Å². The molecule has 1 aliphatic rings. The maximum atomic E-state index is 11.6. The van der Waals surface area contributed by atoms with Crippen LogP contribution in [0.1, 0.15) is 24.0 Å². The molecule has 1 saturated heterocycles. The Morgan fingerprint density at radius 3 is 2.26 bits per heavy atom. The van der Waals surface area contributed by atoms with Gasteiger partial charge in [0.2, 0.25) is 0 Å². The quantitative estimate of drug-likeness (QED) is 0.844. The van der Waals surface area contributed by atoms with E-state index in [0.29, 0.717) is 13.0 Å². The summed E-state index contributed by atoms with van der Waals surface area (Å²) in [5.74, 6) is -0.717. The van der Waals surface area contributed by atoms with E-state index in [0.717, 1.165) is 18.1 Å². The molecule has 1 unspecified atom stereocenters. The lowest BCUT2D eigenvalue weighted by molar-refractivity contribution is -0.141. The molecule has 0 amide bonds. The molecule has 0 bridgehead atoms. The van der Waals surface area contributed by atoms with Crippen molar-refractivity contribution in [1.29, 1.82) is 0 Å². The summed E-state index contributed by atoms with van der Waals surface area (Å²) in [4.78, 5) is 13.6. The molecule has 23 heavy (non-hydrogen) atoms. The van der Waals surface area contributed by atoms with Crippen LogP contribution in [0, 0.1) is 0 Å². The minimum absolute atomic E-state index is 0.395. The zero-order valence-corrected chi connectivity index (χ0v) is 13.8. The van der Waals surface area contributed by atoms with Crippen LogP contribution in [0.5, 0.6) is 0 Å². The van der Waals surface area contributed by atoms with Crippen molar-refractivity contribution in [2.24, 2.45) is 0 Å². The molecule has 3 nitrogen and oxygen atoms in total. The molecule has 0 spiro atoms. The second kappa shape index (κ2) is 7.54. The van der Waals surface area contributed by atoms with Gasteiger partial charge in [0.05, 0.1) is 0 Å². The van der Waals surface area contributed by atoms with Crippen LogP contribution in [0.4, 0.5) is 0 Å². The van der Waals surface area contributed by atoms with Crippen molar-refractivity contribution < 1.29 is 9.90 Å². The van der Waals surface area contributed by atoms with Crippen LogP contribution in [-0.2, 0) is 17.5 Å². The lowest BCUT2D eigenvalue weighted by Crippen LogP contribution is -2.37. The fourth-order valence-electron chi connectivity index (χ4n) is 2.92. The van der Waals surface area contributed by atoms with E-state index in [4.69, 9.17) is 0 Å². The van der Waals surface area contributed by atoms with Crippen molar-refractivity contribution in [2.45, 2.75) is 31.6 Å². The predicted octanol–water partition coefficient (Wildman–Crippen LogP) is 4.01. The molecule has 3 rings (SSSR count). The van der Waals surface area contributed by atoms with Crippen LogP contribution < -0.4 is 0 Å². The maximum absolute atomic E-state index is 11.6. The first-order chi connectivity index (χ1) is 11.2. The van der Waals surface area contributed by atoms with Gasteiger partial charge in [0.15, 0.2) is 0 Å². The topological polar surface area (TPSA) is 40.5 Å². The van der Waals surface area contributed by atoms with Gasteiger partial charge in [0.1, 0.15) is 6.04 Å². The van der Waals surface area contributed by atoms with Crippen LogP contribution in [0.2, 0.25) is 0 Å². The summed E-state index contributed by atoms with van der Waals surface area (Å²) in [5.41, 5.74) is 3.69. The summed E-state index contributed by atoms with van der Waals surface area (Å²) < 4.78 is 0. The van der Waals surface area contributed by atoms with E-state index in [-0.39, 0.29) is 0 Å². The van der Waals surface area contributed by atoms with Crippen molar-refractivity contribution in [3.8, 4) is 0 Å². The Morgan fingerprint density at radius 2 is 1.65 bits per heavy atom. The third-order valence-corrected chi connectivity index (χ3v) is 5.49. The number of carboxylic acid groups (broad SMARTS) is 1. The highest BCUT2D eigenvalue weighted by atomic mass is 31.1. The zero-order valence-electron chi connectivity index (χ0n) is 12.9. The summed E-state index contributed by atoms with van der Waals surface area (Å²) in [6, 6.07) is 20.1. The molecule has 2 aromatic rings. The van der Waals surface area contributed by atoms with Crippen LogP contribution in [0.3, 0.4) is 0 Å². The number of likely N-dealkylation sites (tertiary alicyclic amines) is 1. The third kappa shape index (κ3) is 4.07. The predicted molar refractivity (Wildman–Crippen MR) is 94.7 cm³/mol. The molecular weight excluding hydrogens is 305 g/mol. The molecule has 0 aliphatic carbocycles. The number of carboxylic acids is 1. The zero-order chi connectivity index (χ0) is 16.1. The van der Waals surface area contributed by atoms with Crippen LogP contribution >= 0.6 is 8.20 Å². The molecule has 0 saturated carbocycles. The molecular formula is C19H20NO2P. The Kier molecular flexibility index (Phi) is 5.22. The Bertz CT molecular complexity index is 685. The molecule has 1 fully saturated rings. The van der Waals surface area contributed by atoms with Gasteiger partial charge >= 0.3 is 5.97 Å². The molecule has 1 atom stereocenters. The van der Waals surface area contributed by atoms with Crippen molar-refractivity contribution >= 4 is 19.6 Å². The lowest BCUT2D eigenvalue weighted by Gasteiger charge is -2.22. The number of nitrogens with zero attached hydrogens (tertiary/aromatic N) is 1. The molecule has 0 radical (unpaired) electrons. The third-order valence-electron chi connectivity index (χ3n) is 4.12. The van der Waals surface area contributed by atoms with E-state index in [9.17, 15) is 9.90 Å². The summed E-state index contributed by atoms with van der Waals surface area (Å²) in [5, 5.41) is 9.51. The Labute approximate surface area is 138 Å². The summed E-state index contributed by atoms with van der Waals surface area (Å²) >= 11 is 0. The average Bonchev–Trinajstić information content (AvgIpc) is 2.98. The first kappa shape index (κ1) is 15.9. The number of benzene rings is 2. The van der Waals surface area contributed by atoms with Crippen molar-refractivity contribution in [2.75, 3.05) is 0 Å². The van der Waals surface area contributed by atoms with Gasteiger partial charge in [-0.1, -0.05) is 68.9 Å². The van der Waals surface area contributed by atoms with Crippen LogP contribution in [0.25, 0.3) is 0 Å². The molecule has 118 valence electrons. The number of aliphatic carboxylic acids is 1. The normalized spacial score (nSPS) is 20.0. The van der Waals surface area contributed by atoms with E-state index < -0.39 is 12.0 Å². The smallest absolute Gasteiger partial charge is 0.321 e. The van der Waals surface area contributed by atoms with Gasteiger partial charge in [-0.25, -0.2) is 0 Å². The fourth-order valence-corrected chi connectivity index (χ4v) is 4.17. The van der Waals surface area contributed by atoms with Crippen molar-refractivity contribution in [3.05, 3.63) is 71.8 Å². The minimum atomic E-state index is -0.717. The molecule has 0 aromatic heterocycles. The fraction of sp³-hybridized carbons (Fsp3) is 0.263. The van der Waals surface area contributed by atoms with Crippen LogP contribution in [-0.4, -0.2) is 27.4 Å². The van der Waals surface area contributed by atoms with E-state index in [1.54, 1.807) is 0 Å². The first-order valence-corrected chi connectivity index (χ1v) is 8.92. The van der Waals surface area contributed by atoms with E-state index in [1.807, 2.05) is 36.4 Å². The van der Waals surface area contributed by atoms with Crippen molar-refractivity contribution in [1.82, 2.24) is 4.90 Å².